The molecule has 3 aromatic heterocycles. The van der Waals surface area contributed by atoms with Crippen LogP contribution in [-0.2, 0) is 0 Å². The largest absolute Gasteiger partial charge is 0.478 e. The summed E-state index contributed by atoms with van der Waals surface area (Å²) in [5, 5.41) is 13.0. The summed E-state index contributed by atoms with van der Waals surface area (Å²) in [5.41, 5.74) is 1.55. The number of thiazole rings is 1. The summed E-state index contributed by atoms with van der Waals surface area (Å²) in [7, 11) is 0. The van der Waals surface area contributed by atoms with Crippen LogP contribution in [0.5, 0.6) is 0 Å². The minimum absolute atomic E-state index is 0.249. The summed E-state index contributed by atoms with van der Waals surface area (Å²) in [5.74, 6) is -1.35. The van der Waals surface area contributed by atoms with Crippen LogP contribution in [0, 0.1) is 5.82 Å². The summed E-state index contributed by atoms with van der Waals surface area (Å²) in [6, 6.07) is 4.48. The van der Waals surface area contributed by atoms with E-state index >= 15 is 0 Å². The van der Waals surface area contributed by atoms with Gasteiger partial charge in [-0.25, -0.2) is 14.2 Å². The molecule has 4 nitrogen and oxygen atoms in total. The molecule has 0 spiro atoms. The van der Waals surface area contributed by atoms with Gasteiger partial charge in [0.15, 0.2) is 0 Å². The predicted octanol–water partition coefficient (Wildman–Crippen LogP) is 3.77. The van der Waals surface area contributed by atoms with Crippen molar-refractivity contribution in [1.29, 1.82) is 0 Å². The van der Waals surface area contributed by atoms with Crippen molar-refractivity contribution in [3.05, 3.63) is 46.5 Å². The van der Waals surface area contributed by atoms with Gasteiger partial charge in [0, 0.05) is 10.8 Å². The van der Waals surface area contributed by atoms with Crippen molar-refractivity contribution in [3.63, 3.8) is 0 Å². The lowest BCUT2D eigenvalue weighted by molar-refractivity contribution is 0.0697. The van der Waals surface area contributed by atoms with E-state index in [4.69, 9.17) is 5.11 Å². The SMILES string of the molecule is O=C(O)c1csc(-c2csc(-c3ccc(F)cn3)n2)c1. The van der Waals surface area contributed by atoms with Crippen molar-refractivity contribution in [3.8, 4) is 21.3 Å². The molecule has 0 atom stereocenters. The van der Waals surface area contributed by atoms with Crippen molar-refractivity contribution in [2.75, 3.05) is 0 Å². The Morgan fingerprint density at radius 3 is 2.70 bits per heavy atom. The molecule has 1 N–H and O–H groups in total. The second-order valence-electron chi connectivity index (χ2n) is 3.90. The minimum atomic E-state index is -0.955. The Morgan fingerprint density at radius 1 is 1.20 bits per heavy atom. The van der Waals surface area contributed by atoms with Crippen molar-refractivity contribution in [2.24, 2.45) is 0 Å². The molecule has 0 unspecified atom stereocenters. The molecule has 0 aliphatic heterocycles. The molecule has 3 rings (SSSR count). The summed E-state index contributed by atoms with van der Waals surface area (Å²) in [6.45, 7) is 0. The molecule has 0 saturated heterocycles. The van der Waals surface area contributed by atoms with Crippen LogP contribution in [0.1, 0.15) is 10.4 Å². The quantitative estimate of drug-likeness (QED) is 0.800. The minimum Gasteiger partial charge on any atom is -0.478 e. The zero-order valence-corrected chi connectivity index (χ0v) is 11.5. The normalized spacial score (nSPS) is 10.7. The highest BCUT2D eigenvalue weighted by Gasteiger charge is 2.12. The fourth-order valence-electron chi connectivity index (χ4n) is 1.59. The lowest BCUT2D eigenvalue weighted by Crippen LogP contribution is -1.91. The number of rotatable bonds is 3. The van der Waals surface area contributed by atoms with E-state index in [2.05, 4.69) is 9.97 Å². The smallest absolute Gasteiger partial charge is 0.336 e. The third-order valence-electron chi connectivity index (χ3n) is 2.55. The van der Waals surface area contributed by atoms with E-state index in [1.54, 1.807) is 17.5 Å². The van der Waals surface area contributed by atoms with Crippen molar-refractivity contribution >= 4 is 28.6 Å². The van der Waals surface area contributed by atoms with Crippen LogP contribution in [0.3, 0.4) is 0 Å². The van der Waals surface area contributed by atoms with Gasteiger partial charge < -0.3 is 5.11 Å². The third kappa shape index (κ3) is 2.45. The molecule has 0 aromatic carbocycles. The second kappa shape index (κ2) is 5.10. The van der Waals surface area contributed by atoms with E-state index in [1.165, 1.54) is 28.7 Å². The molecule has 0 bridgehead atoms. The Labute approximate surface area is 121 Å². The van der Waals surface area contributed by atoms with Crippen LogP contribution in [0.4, 0.5) is 4.39 Å². The molecule has 0 aliphatic carbocycles. The molecule has 0 saturated carbocycles. The average Bonchev–Trinajstić information content (AvgIpc) is 3.08. The zero-order valence-electron chi connectivity index (χ0n) is 9.91. The van der Waals surface area contributed by atoms with Gasteiger partial charge in [0.1, 0.15) is 10.8 Å². The van der Waals surface area contributed by atoms with Gasteiger partial charge in [0.25, 0.3) is 0 Å². The summed E-state index contributed by atoms with van der Waals surface area (Å²) in [4.78, 5) is 20.0. The van der Waals surface area contributed by atoms with Gasteiger partial charge in [0.2, 0.25) is 0 Å². The van der Waals surface area contributed by atoms with Crippen LogP contribution in [0.15, 0.2) is 35.2 Å². The highest BCUT2D eigenvalue weighted by atomic mass is 32.1. The maximum Gasteiger partial charge on any atom is 0.336 e. The number of aromatic carboxylic acids is 1. The van der Waals surface area contributed by atoms with E-state index in [-0.39, 0.29) is 5.56 Å². The first-order valence-electron chi connectivity index (χ1n) is 5.53. The molecular weight excluding hydrogens is 299 g/mol. The Hall–Kier alpha value is -2.12. The van der Waals surface area contributed by atoms with Gasteiger partial charge in [-0.3, -0.25) is 4.98 Å². The number of hydrogen-bond acceptors (Lipinski definition) is 5. The molecule has 3 heterocycles. The first kappa shape index (κ1) is 12.9. The Morgan fingerprint density at radius 2 is 2.05 bits per heavy atom. The van der Waals surface area contributed by atoms with E-state index in [0.29, 0.717) is 16.4 Å². The third-order valence-corrected chi connectivity index (χ3v) is 4.37. The number of carboxylic acid groups (broad SMARTS) is 1. The summed E-state index contributed by atoms with van der Waals surface area (Å²) >= 11 is 2.71. The van der Waals surface area contributed by atoms with Gasteiger partial charge in [-0.05, 0) is 18.2 Å². The molecule has 0 aliphatic rings. The number of aromatic nitrogens is 2. The number of carboxylic acids is 1. The highest BCUT2D eigenvalue weighted by Crippen LogP contribution is 2.31. The lowest BCUT2D eigenvalue weighted by Gasteiger charge is -1.94. The first-order valence-corrected chi connectivity index (χ1v) is 7.29. The predicted molar refractivity (Wildman–Crippen MR) is 75.6 cm³/mol. The number of carbonyl (C=O) groups is 1. The fraction of sp³-hybridized carbons (Fsp3) is 0. The Balaban J connectivity index is 1.93. The van der Waals surface area contributed by atoms with Gasteiger partial charge >= 0.3 is 5.97 Å². The molecule has 20 heavy (non-hydrogen) atoms. The van der Waals surface area contributed by atoms with Crippen molar-refractivity contribution < 1.29 is 14.3 Å². The van der Waals surface area contributed by atoms with E-state index in [1.807, 2.05) is 5.38 Å². The molecular formula is C13H7FN2O2S2. The molecule has 7 heteroatoms. The van der Waals surface area contributed by atoms with Gasteiger partial charge in [0.05, 0.1) is 28.0 Å². The van der Waals surface area contributed by atoms with E-state index in [0.717, 1.165) is 11.1 Å². The summed E-state index contributed by atoms with van der Waals surface area (Å²) < 4.78 is 12.8. The van der Waals surface area contributed by atoms with Gasteiger partial charge in [-0.15, -0.1) is 22.7 Å². The topological polar surface area (TPSA) is 63.1 Å². The number of nitrogens with zero attached hydrogens (tertiary/aromatic N) is 2. The van der Waals surface area contributed by atoms with Crippen LogP contribution in [0.2, 0.25) is 0 Å². The van der Waals surface area contributed by atoms with Crippen molar-refractivity contribution in [2.45, 2.75) is 0 Å². The second-order valence-corrected chi connectivity index (χ2v) is 5.67. The van der Waals surface area contributed by atoms with E-state index in [9.17, 15) is 9.18 Å². The number of hydrogen-bond donors (Lipinski definition) is 1. The van der Waals surface area contributed by atoms with Crippen LogP contribution < -0.4 is 0 Å². The van der Waals surface area contributed by atoms with Crippen LogP contribution >= 0.6 is 22.7 Å². The van der Waals surface area contributed by atoms with Gasteiger partial charge in [-0.2, -0.15) is 0 Å². The summed E-state index contributed by atoms with van der Waals surface area (Å²) in [6.07, 6.45) is 1.14. The molecule has 0 radical (unpaired) electrons. The van der Waals surface area contributed by atoms with Crippen LogP contribution in [-0.4, -0.2) is 21.0 Å². The molecule has 100 valence electrons. The lowest BCUT2D eigenvalue weighted by atomic mass is 10.3. The maximum absolute atomic E-state index is 12.8. The molecule has 0 fully saturated rings. The van der Waals surface area contributed by atoms with Crippen LogP contribution in [0.25, 0.3) is 21.3 Å². The fourth-order valence-corrected chi connectivity index (χ4v) is 3.30. The Bertz CT molecular complexity index is 765. The molecule has 3 aromatic rings. The Kier molecular flexibility index (Phi) is 3.29. The number of halogens is 1. The van der Waals surface area contributed by atoms with Gasteiger partial charge in [-0.1, -0.05) is 0 Å². The number of thiophene rings is 1. The monoisotopic (exact) mass is 306 g/mol. The average molecular weight is 306 g/mol. The first-order chi connectivity index (χ1) is 9.63. The zero-order chi connectivity index (χ0) is 14.1. The standard InChI is InChI=1S/C13H7FN2O2S2/c14-8-1-2-9(15-4-8)12-16-10(6-20-12)11-3-7(5-19-11)13(17)18/h1-6H,(H,17,18). The van der Waals surface area contributed by atoms with Crippen molar-refractivity contribution in [1.82, 2.24) is 9.97 Å². The highest BCUT2D eigenvalue weighted by molar-refractivity contribution is 7.15. The maximum atomic E-state index is 12.8. The molecule has 0 amide bonds. The number of pyridine rings is 1. The van der Waals surface area contributed by atoms with E-state index < -0.39 is 11.8 Å².